The minimum Gasteiger partial charge on any atom is -0.481 e. The van der Waals surface area contributed by atoms with Crippen molar-refractivity contribution >= 4 is 11.9 Å². The molecule has 0 aromatic carbocycles. The van der Waals surface area contributed by atoms with Gasteiger partial charge < -0.3 is 20.9 Å². The Kier molecular flexibility index (Phi) is 6.07. The molecule has 1 aliphatic heterocycles. The van der Waals surface area contributed by atoms with Gasteiger partial charge in [0.2, 0.25) is 5.91 Å². The molecule has 0 aliphatic carbocycles. The maximum atomic E-state index is 11.8. The number of carboxylic acids is 1. The molecule has 1 heterocycles. The zero-order chi connectivity index (χ0) is 13.5. The van der Waals surface area contributed by atoms with Crippen LogP contribution in [0.5, 0.6) is 0 Å². The van der Waals surface area contributed by atoms with Crippen molar-refractivity contribution in [1.82, 2.24) is 5.32 Å². The molecule has 104 valence electrons. The Morgan fingerprint density at radius 2 is 2.22 bits per heavy atom. The number of hydrogen-bond donors (Lipinski definition) is 3. The molecule has 1 aliphatic rings. The van der Waals surface area contributed by atoms with Crippen molar-refractivity contribution in [2.24, 2.45) is 11.7 Å². The third kappa shape index (κ3) is 5.01. The van der Waals surface area contributed by atoms with E-state index in [4.69, 9.17) is 15.6 Å². The Balaban J connectivity index is 2.18. The van der Waals surface area contributed by atoms with E-state index < -0.39 is 12.1 Å². The molecule has 18 heavy (non-hydrogen) atoms. The number of aliphatic carboxylic acids is 1. The summed E-state index contributed by atoms with van der Waals surface area (Å²) in [7, 11) is 0. The highest BCUT2D eigenvalue weighted by atomic mass is 16.5. The third-order valence-electron chi connectivity index (χ3n) is 3.14. The van der Waals surface area contributed by atoms with E-state index in [9.17, 15) is 9.59 Å². The maximum absolute atomic E-state index is 11.8. The molecular weight excluding hydrogens is 236 g/mol. The number of amides is 1. The van der Waals surface area contributed by atoms with Gasteiger partial charge in [0.05, 0.1) is 6.10 Å². The molecule has 6 nitrogen and oxygen atoms in total. The van der Waals surface area contributed by atoms with Crippen molar-refractivity contribution in [3.8, 4) is 0 Å². The molecule has 0 saturated carbocycles. The minimum atomic E-state index is -0.807. The van der Waals surface area contributed by atoms with E-state index >= 15 is 0 Å². The summed E-state index contributed by atoms with van der Waals surface area (Å²) in [6.45, 7) is 2.85. The van der Waals surface area contributed by atoms with Crippen molar-refractivity contribution in [2.45, 2.75) is 44.8 Å². The van der Waals surface area contributed by atoms with Gasteiger partial charge >= 0.3 is 5.97 Å². The van der Waals surface area contributed by atoms with Crippen molar-refractivity contribution in [3.05, 3.63) is 0 Å². The average molecular weight is 258 g/mol. The molecule has 1 amide bonds. The lowest BCUT2D eigenvalue weighted by molar-refractivity contribution is -0.137. The molecule has 0 spiro atoms. The van der Waals surface area contributed by atoms with E-state index in [2.05, 4.69) is 5.32 Å². The van der Waals surface area contributed by atoms with Crippen LogP contribution in [0.25, 0.3) is 0 Å². The summed E-state index contributed by atoms with van der Waals surface area (Å²) in [4.78, 5) is 22.2. The predicted molar refractivity (Wildman–Crippen MR) is 66.0 cm³/mol. The second kappa shape index (κ2) is 7.33. The molecule has 0 bridgehead atoms. The molecule has 0 radical (unpaired) electrons. The summed E-state index contributed by atoms with van der Waals surface area (Å²) in [5.74, 6) is -0.775. The van der Waals surface area contributed by atoms with Gasteiger partial charge in [-0.1, -0.05) is 6.92 Å². The summed E-state index contributed by atoms with van der Waals surface area (Å²) < 4.78 is 5.47. The lowest BCUT2D eigenvalue weighted by Gasteiger charge is -2.15. The number of hydrogen-bond acceptors (Lipinski definition) is 4. The van der Waals surface area contributed by atoms with Crippen LogP contribution in [0.3, 0.4) is 0 Å². The topological polar surface area (TPSA) is 102 Å². The highest BCUT2D eigenvalue weighted by Crippen LogP contribution is 2.18. The zero-order valence-corrected chi connectivity index (χ0v) is 10.7. The molecule has 3 atom stereocenters. The van der Waals surface area contributed by atoms with Crippen molar-refractivity contribution in [3.63, 3.8) is 0 Å². The fourth-order valence-corrected chi connectivity index (χ4v) is 1.93. The predicted octanol–water partition coefficient (Wildman–Crippen LogP) is 0.110. The van der Waals surface area contributed by atoms with Gasteiger partial charge in [0, 0.05) is 19.5 Å². The molecule has 0 aromatic heterocycles. The van der Waals surface area contributed by atoms with Crippen LogP contribution >= 0.6 is 0 Å². The van der Waals surface area contributed by atoms with Gasteiger partial charge in [-0.25, -0.2) is 0 Å². The normalized spacial score (nSPS) is 24.8. The first kappa shape index (κ1) is 14.9. The highest BCUT2D eigenvalue weighted by molar-refractivity contribution is 5.81. The maximum Gasteiger partial charge on any atom is 0.303 e. The van der Waals surface area contributed by atoms with Crippen LogP contribution in [0.1, 0.15) is 32.6 Å². The summed E-state index contributed by atoms with van der Waals surface area (Å²) >= 11 is 0. The van der Waals surface area contributed by atoms with Gasteiger partial charge in [-0.15, -0.1) is 0 Å². The lowest BCUT2D eigenvalue weighted by Crippen LogP contribution is -2.37. The first-order chi connectivity index (χ1) is 8.52. The van der Waals surface area contributed by atoms with Crippen molar-refractivity contribution in [2.75, 3.05) is 13.1 Å². The van der Waals surface area contributed by atoms with Crippen LogP contribution in [0.4, 0.5) is 0 Å². The van der Waals surface area contributed by atoms with Crippen LogP contribution in [-0.2, 0) is 14.3 Å². The average Bonchev–Trinajstić information content (AvgIpc) is 2.82. The Hall–Kier alpha value is -1.14. The zero-order valence-electron chi connectivity index (χ0n) is 10.7. The quantitative estimate of drug-likeness (QED) is 0.601. The third-order valence-corrected chi connectivity index (χ3v) is 3.14. The summed E-state index contributed by atoms with van der Waals surface area (Å²) in [5, 5.41) is 11.3. The van der Waals surface area contributed by atoms with Gasteiger partial charge in [-0.05, 0) is 25.2 Å². The van der Waals surface area contributed by atoms with E-state index in [1.807, 2.05) is 6.92 Å². The standard InChI is InChI=1S/C12H22N2O4/c1-8(2-5-11(15)16)7-14-12(17)10-4-3-9(6-13)18-10/h8-10H,2-7,13H2,1H3,(H,14,17)(H,15,16). The summed E-state index contributed by atoms with van der Waals surface area (Å²) in [6.07, 6.45) is 1.81. The van der Waals surface area contributed by atoms with Gasteiger partial charge in [-0.3, -0.25) is 9.59 Å². The smallest absolute Gasteiger partial charge is 0.303 e. The van der Waals surface area contributed by atoms with Crippen LogP contribution in [0.2, 0.25) is 0 Å². The van der Waals surface area contributed by atoms with Crippen LogP contribution in [-0.4, -0.2) is 42.3 Å². The first-order valence-corrected chi connectivity index (χ1v) is 6.38. The second-order valence-electron chi connectivity index (χ2n) is 4.84. The monoisotopic (exact) mass is 258 g/mol. The van der Waals surface area contributed by atoms with E-state index in [0.717, 1.165) is 6.42 Å². The molecule has 3 unspecified atom stereocenters. The number of carbonyl (C=O) groups excluding carboxylic acids is 1. The van der Waals surface area contributed by atoms with Crippen LogP contribution in [0.15, 0.2) is 0 Å². The Bertz CT molecular complexity index is 296. The number of ether oxygens (including phenoxy) is 1. The molecule has 4 N–H and O–H groups in total. The SMILES string of the molecule is CC(CCC(=O)O)CNC(=O)C1CCC(CN)O1. The van der Waals surface area contributed by atoms with E-state index in [0.29, 0.717) is 25.9 Å². The number of rotatable bonds is 7. The lowest BCUT2D eigenvalue weighted by atomic mass is 10.1. The van der Waals surface area contributed by atoms with Crippen LogP contribution < -0.4 is 11.1 Å². The fraction of sp³-hybridized carbons (Fsp3) is 0.833. The Labute approximate surface area is 107 Å². The summed E-state index contributed by atoms with van der Waals surface area (Å²) in [6, 6.07) is 0. The molecule has 1 saturated heterocycles. The number of carboxylic acid groups (broad SMARTS) is 1. The molecule has 1 fully saturated rings. The van der Waals surface area contributed by atoms with E-state index in [1.54, 1.807) is 0 Å². The summed E-state index contributed by atoms with van der Waals surface area (Å²) in [5.41, 5.74) is 5.47. The van der Waals surface area contributed by atoms with E-state index in [1.165, 1.54) is 0 Å². The number of nitrogens with one attached hydrogen (secondary N) is 1. The molecule has 1 rings (SSSR count). The Morgan fingerprint density at radius 1 is 1.50 bits per heavy atom. The largest absolute Gasteiger partial charge is 0.481 e. The minimum absolute atomic E-state index is 0.00909. The van der Waals surface area contributed by atoms with Gasteiger partial charge in [0.25, 0.3) is 0 Å². The van der Waals surface area contributed by atoms with E-state index in [-0.39, 0.29) is 24.3 Å². The van der Waals surface area contributed by atoms with Crippen LogP contribution in [0, 0.1) is 5.92 Å². The molecule has 0 aromatic rings. The molecular formula is C12H22N2O4. The van der Waals surface area contributed by atoms with Crippen molar-refractivity contribution < 1.29 is 19.4 Å². The fourth-order valence-electron chi connectivity index (χ4n) is 1.93. The second-order valence-corrected chi connectivity index (χ2v) is 4.84. The van der Waals surface area contributed by atoms with Gasteiger partial charge in [-0.2, -0.15) is 0 Å². The van der Waals surface area contributed by atoms with Gasteiger partial charge in [0.1, 0.15) is 6.10 Å². The van der Waals surface area contributed by atoms with Gasteiger partial charge in [0.15, 0.2) is 0 Å². The highest BCUT2D eigenvalue weighted by Gasteiger charge is 2.29. The number of carbonyl (C=O) groups is 2. The van der Waals surface area contributed by atoms with Crippen molar-refractivity contribution in [1.29, 1.82) is 0 Å². The Morgan fingerprint density at radius 3 is 2.78 bits per heavy atom. The molecule has 6 heteroatoms. The first-order valence-electron chi connectivity index (χ1n) is 6.38. The number of nitrogens with two attached hydrogens (primary N) is 1.